The van der Waals surface area contributed by atoms with Crippen LogP contribution in [-0.2, 0) is 4.79 Å². The van der Waals surface area contributed by atoms with Crippen molar-refractivity contribution in [2.24, 2.45) is 47.3 Å². The molecule has 5 saturated carbocycles. The number of hydrogen-bond acceptors (Lipinski definition) is 2. The summed E-state index contributed by atoms with van der Waals surface area (Å²) in [5.74, 6) is 9.16. The number of aliphatic hydroxyl groups is 1. The van der Waals surface area contributed by atoms with E-state index in [4.69, 9.17) is 9.90 Å². The van der Waals surface area contributed by atoms with Crippen LogP contribution in [0.2, 0.25) is 0 Å². The van der Waals surface area contributed by atoms with E-state index < -0.39 is 0 Å². The second-order valence-electron chi connectivity index (χ2n) is 9.38. The van der Waals surface area contributed by atoms with Crippen LogP contribution in [0.3, 0.4) is 0 Å². The highest BCUT2D eigenvalue weighted by Gasteiger charge is 2.49. The fourth-order valence-corrected chi connectivity index (χ4v) is 7.52. The molecule has 0 spiro atoms. The number of rotatable bonds is 0. The highest BCUT2D eigenvalue weighted by Crippen LogP contribution is 2.58. The Morgan fingerprint density at radius 2 is 1.35 bits per heavy atom. The third kappa shape index (κ3) is 4.11. The van der Waals surface area contributed by atoms with Crippen molar-refractivity contribution in [3.05, 3.63) is 12.2 Å². The van der Waals surface area contributed by atoms with E-state index in [1.807, 2.05) is 0 Å². The summed E-state index contributed by atoms with van der Waals surface area (Å²) in [6.45, 7) is 3.38. The Hall–Kier alpha value is -0.630. The third-order valence-electron chi connectivity index (χ3n) is 8.27. The number of fused-ring (bicyclic) bond motifs is 10. The van der Waals surface area contributed by atoms with E-state index >= 15 is 0 Å². The van der Waals surface area contributed by atoms with Gasteiger partial charge in [0.1, 0.15) is 6.29 Å². The zero-order valence-electron chi connectivity index (χ0n) is 17.0. The minimum absolute atomic E-state index is 0.250. The van der Waals surface area contributed by atoms with E-state index in [1.165, 1.54) is 43.4 Å². The topological polar surface area (TPSA) is 37.3 Å². The van der Waals surface area contributed by atoms with Crippen LogP contribution in [0.15, 0.2) is 12.2 Å². The minimum Gasteiger partial charge on any atom is -0.397 e. The van der Waals surface area contributed by atoms with Gasteiger partial charge in [0.25, 0.3) is 0 Å². The van der Waals surface area contributed by atoms with Crippen LogP contribution in [0.25, 0.3) is 0 Å². The molecule has 6 aliphatic rings. The molecule has 26 heavy (non-hydrogen) atoms. The second-order valence-corrected chi connectivity index (χ2v) is 9.38. The normalized spacial score (nSPS) is 44.9. The highest BCUT2D eigenvalue weighted by atomic mass is 16.2. The van der Waals surface area contributed by atoms with Gasteiger partial charge in [-0.3, -0.25) is 0 Å². The van der Waals surface area contributed by atoms with Crippen molar-refractivity contribution in [3.8, 4) is 0 Å². The van der Waals surface area contributed by atoms with Crippen molar-refractivity contribution < 1.29 is 9.90 Å². The maximum absolute atomic E-state index is 8.81. The molecular weight excluding hydrogens is 320 g/mol. The molecule has 0 amide bonds. The van der Waals surface area contributed by atoms with Gasteiger partial charge in [-0.25, -0.2) is 0 Å². The standard InChI is InChI=1S/C10H16.C10H14.C2H6O.C2H4O/c2*1-2-9-7-4-5-8(6-7)10(9)3-1;2*1-2-3/h7-10H,1-6H2;1-2,7-10H,3-6H2;3H,2H2,1H3;2H,1H3. The summed E-state index contributed by atoms with van der Waals surface area (Å²) in [6, 6.07) is 0. The number of carbonyl (C=O) groups excluding carboxylic acids is 1. The molecule has 8 atom stereocenters. The molecule has 0 aromatic carbocycles. The summed E-state index contributed by atoms with van der Waals surface area (Å²) >= 11 is 0. The van der Waals surface area contributed by atoms with E-state index in [0.29, 0.717) is 0 Å². The highest BCUT2D eigenvalue weighted by molar-refractivity contribution is 5.44. The summed E-state index contributed by atoms with van der Waals surface area (Å²) in [5, 5.41) is 7.57. The predicted octanol–water partition coefficient (Wildman–Crippen LogP) is 5.65. The first-order valence-corrected chi connectivity index (χ1v) is 11.4. The van der Waals surface area contributed by atoms with Crippen LogP contribution < -0.4 is 0 Å². The zero-order chi connectivity index (χ0) is 18.5. The van der Waals surface area contributed by atoms with Gasteiger partial charge < -0.3 is 9.90 Å². The molecule has 8 unspecified atom stereocenters. The molecule has 0 heterocycles. The van der Waals surface area contributed by atoms with E-state index in [0.717, 1.165) is 30.0 Å². The maximum atomic E-state index is 8.81. The van der Waals surface area contributed by atoms with Gasteiger partial charge in [-0.2, -0.15) is 0 Å². The molecule has 0 aliphatic heterocycles. The minimum atomic E-state index is 0.250. The second kappa shape index (κ2) is 9.53. The van der Waals surface area contributed by atoms with Crippen molar-refractivity contribution in [1.29, 1.82) is 0 Å². The zero-order valence-corrected chi connectivity index (χ0v) is 17.0. The first kappa shape index (κ1) is 20.1. The van der Waals surface area contributed by atoms with Crippen molar-refractivity contribution in [2.75, 3.05) is 6.61 Å². The van der Waals surface area contributed by atoms with Gasteiger partial charge in [0.2, 0.25) is 0 Å². The third-order valence-corrected chi connectivity index (χ3v) is 8.27. The van der Waals surface area contributed by atoms with Crippen LogP contribution in [-0.4, -0.2) is 18.0 Å². The Morgan fingerprint density at radius 3 is 1.88 bits per heavy atom. The number of hydrogen-bond donors (Lipinski definition) is 1. The van der Waals surface area contributed by atoms with Crippen LogP contribution in [0.1, 0.15) is 78.1 Å². The molecule has 0 aromatic rings. The fourth-order valence-electron chi connectivity index (χ4n) is 7.52. The van der Waals surface area contributed by atoms with Crippen molar-refractivity contribution >= 4 is 6.29 Å². The Labute approximate surface area is 160 Å². The van der Waals surface area contributed by atoms with Gasteiger partial charge in [-0.1, -0.05) is 18.6 Å². The first-order chi connectivity index (χ1) is 12.7. The van der Waals surface area contributed by atoms with E-state index in [9.17, 15) is 0 Å². The predicted molar refractivity (Wildman–Crippen MR) is 108 cm³/mol. The van der Waals surface area contributed by atoms with E-state index in [-0.39, 0.29) is 6.61 Å². The van der Waals surface area contributed by atoms with Gasteiger partial charge in [0, 0.05) is 6.61 Å². The van der Waals surface area contributed by atoms with Gasteiger partial charge in [-0.05, 0) is 119 Å². The molecule has 148 valence electrons. The average Bonchev–Trinajstić information content (AvgIpc) is 3.48. The number of carbonyl (C=O) groups is 1. The van der Waals surface area contributed by atoms with Crippen LogP contribution in [0, 0.1) is 47.3 Å². The lowest BCUT2D eigenvalue weighted by Gasteiger charge is -2.23. The van der Waals surface area contributed by atoms with Crippen molar-refractivity contribution in [3.63, 3.8) is 0 Å². The molecule has 0 saturated heterocycles. The molecular formula is C24H40O2. The van der Waals surface area contributed by atoms with Gasteiger partial charge in [-0.15, -0.1) is 0 Å². The van der Waals surface area contributed by atoms with Crippen LogP contribution in [0.5, 0.6) is 0 Å². The Bertz CT molecular complexity index is 452. The molecule has 6 aliphatic carbocycles. The number of aliphatic hydroxyl groups excluding tert-OH is 1. The molecule has 2 heteroatoms. The number of aldehydes is 1. The SMILES string of the molecule is C1=CC2C3CCC(C3)C2C1.C1CC2C3CCC(C3)C2C1.CC=O.CCO. The molecule has 0 radical (unpaired) electrons. The fraction of sp³-hybridized carbons (Fsp3) is 0.875. The molecule has 2 nitrogen and oxygen atoms in total. The molecule has 5 fully saturated rings. The monoisotopic (exact) mass is 360 g/mol. The van der Waals surface area contributed by atoms with E-state index in [2.05, 4.69) is 12.2 Å². The lowest BCUT2D eigenvalue weighted by molar-refractivity contribution is -0.106. The van der Waals surface area contributed by atoms with Crippen molar-refractivity contribution in [2.45, 2.75) is 78.1 Å². The first-order valence-electron chi connectivity index (χ1n) is 11.4. The Balaban J connectivity index is 0.000000117. The average molecular weight is 361 g/mol. The molecule has 0 aromatic heterocycles. The largest absolute Gasteiger partial charge is 0.397 e. The maximum Gasteiger partial charge on any atom is 0.116 e. The van der Waals surface area contributed by atoms with Crippen LogP contribution >= 0.6 is 0 Å². The lowest BCUT2D eigenvalue weighted by Crippen LogP contribution is -2.16. The van der Waals surface area contributed by atoms with Gasteiger partial charge >= 0.3 is 0 Å². The van der Waals surface area contributed by atoms with Gasteiger partial charge in [0.05, 0.1) is 0 Å². The number of allylic oxidation sites excluding steroid dienone is 2. The Kier molecular flexibility index (Phi) is 7.37. The van der Waals surface area contributed by atoms with E-state index in [1.54, 1.807) is 58.3 Å². The smallest absolute Gasteiger partial charge is 0.116 e. The molecule has 6 rings (SSSR count). The summed E-state index contributed by atoms with van der Waals surface area (Å²) in [7, 11) is 0. The van der Waals surface area contributed by atoms with Gasteiger partial charge in [0.15, 0.2) is 0 Å². The summed E-state index contributed by atoms with van der Waals surface area (Å²) < 4.78 is 0. The molecule has 1 N–H and O–H groups in total. The quantitative estimate of drug-likeness (QED) is 0.448. The summed E-state index contributed by atoms with van der Waals surface area (Å²) in [4.78, 5) is 8.81. The molecule has 4 bridgehead atoms. The summed E-state index contributed by atoms with van der Waals surface area (Å²) in [5.41, 5.74) is 0. The van der Waals surface area contributed by atoms with Crippen LogP contribution in [0.4, 0.5) is 0 Å². The Morgan fingerprint density at radius 1 is 0.885 bits per heavy atom. The summed E-state index contributed by atoms with van der Waals surface area (Å²) in [6.07, 6.45) is 21.3. The lowest BCUT2D eigenvalue weighted by atomic mass is 9.82. The van der Waals surface area contributed by atoms with Crippen molar-refractivity contribution in [1.82, 2.24) is 0 Å².